The molecule has 0 amide bonds. The van der Waals surface area contributed by atoms with Crippen molar-refractivity contribution in [1.29, 1.82) is 0 Å². The van der Waals surface area contributed by atoms with Crippen LogP contribution >= 0.6 is 0 Å². The first-order chi connectivity index (χ1) is 8.83. The molecule has 3 heteroatoms. The molecule has 0 bridgehead atoms. The molecule has 0 radical (unpaired) electrons. The molecular weight excluding hydrogens is 227 g/mol. The molecule has 1 saturated heterocycles. The summed E-state index contributed by atoms with van der Waals surface area (Å²) in [6, 6.07) is 7.06. The van der Waals surface area contributed by atoms with E-state index in [9.17, 15) is 4.39 Å². The maximum Gasteiger partial charge on any atom is 0.125 e. The third kappa shape index (κ3) is 2.72. The lowest BCUT2D eigenvalue weighted by Crippen LogP contribution is -2.28. The molecule has 3 rings (SSSR count). The monoisotopic (exact) mass is 248 g/mol. The highest BCUT2D eigenvalue weighted by molar-refractivity contribution is 5.80. The van der Waals surface area contributed by atoms with E-state index in [0.717, 1.165) is 24.0 Å². The molecule has 2 nitrogen and oxygen atoms in total. The molecule has 0 spiro atoms. The van der Waals surface area contributed by atoms with E-state index in [1.54, 1.807) is 6.07 Å². The fraction of sp³-hybridized carbons (Fsp3) is 0.467. The van der Waals surface area contributed by atoms with Crippen LogP contribution in [0.5, 0.6) is 0 Å². The zero-order valence-corrected chi connectivity index (χ0v) is 11.1. The highest BCUT2D eigenvalue weighted by Gasteiger charge is 2.16. The summed E-state index contributed by atoms with van der Waals surface area (Å²) in [7, 11) is 0. The molecule has 1 aromatic carbocycles. The van der Waals surface area contributed by atoms with Crippen molar-refractivity contribution in [2.24, 2.45) is 0 Å². The molecule has 1 aromatic heterocycles. The molecule has 1 atom stereocenters. The van der Waals surface area contributed by atoms with Crippen molar-refractivity contribution in [1.82, 2.24) is 10.3 Å². The van der Waals surface area contributed by atoms with Crippen LogP contribution in [0, 0.1) is 5.82 Å². The zero-order valence-electron chi connectivity index (χ0n) is 11.1. The highest BCUT2D eigenvalue weighted by Crippen LogP contribution is 2.26. The maximum absolute atomic E-state index is 13.1. The van der Waals surface area contributed by atoms with Crippen molar-refractivity contribution in [3.63, 3.8) is 0 Å². The number of piperidine rings is 1. The van der Waals surface area contributed by atoms with Crippen LogP contribution in [0.2, 0.25) is 0 Å². The summed E-state index contributed by atoms with van der Waals surface area (Å²) >= 11 is 0. The highest BCUT2D eigenvalue weighted by atomic mass is 19.1. The lowest BCUT2D eigenvalue weighted by molar-refractivity contribution is 0.456. The van der Waals surface area contributed by atoms with Crippen LogP contribution in [0.15, 0.2) is 24.3 Å². The van der Waals surface area contributed by atoms with Crippen LogP contribution in [0.4, 0.5) is 4.39 Å². The second-order valence-electron chi connectivity index (χ2n) is 4.50. The predicted molar refractivity (Wildman–Crippen MR) is 74.4 cm³/mol. The van der Waals surface area contributed by atoms with E-state index in [0.29, 0.717) is 5.92 Å². The first kappa shape index (κ1) is 13.1. The van der Waals surface area contributed by atoms with Crippen molar-refractivity contribution in [2.75, 3.05) is 13.1 Å². The Morgan fingerprint density at radius 3 is 2.78 bits per heavy atom. The fourth-order valence-corrected chi connectivity index (χ4v) is 2.46. The summed E-state index contributed by atoms with van der Waals surface area (Å²) in [6.07, 6.45) is 2.43. The maximum atomic E-state index is 13.1. The van der Waals surface area contributed by atoms with Gasteiger partial charge in [0.1, 0.15) is 5.82 Å². The largest absolute Gasteiger partial charge is 0.358 e. The first-order valence-electron chi connectivity index (χ1n) is 6.82. The lowest BCUT2D eigenvalue weighted by Gasteiger charge is -2.21. The van der Waals surface area contributed by atoms with Gasteiger partial charge in [-0.05, 0) is 49.0 Å². The van der Waals surface area contributed by atoms with E-state index in [4.69, 9.17) is 0 Å². The molecule has 1 unspecified atom stereocenters. The van der Waals surface area contributed by atoms with Gasteiger partial charge in [-0.2, -0.15) is 0 Å². The Hall–Kier alpha value is -1.35. The zero-order chi connectivity index (χ0) is 13.0. The molecule has 2 heterocycles. The van der Waals surface area contributed by atoms with Gasteiger partial charge in [0.2, 0.25) is 0 Å². The third-order valence-corrected chi connectivity index (χ3v) is 3.34. The molecule has 2 N–H and O–H groups in total. The number of fused-ring (bicyclic) bond motifs is 1. The predicted octanol–water partition coefficient (Wildman–Crippen LogP) is 3.80. The number of aromatic nitrogens is 1. The van der Waals surface area contributed by atoms with Gasteiger partial charge in [-0.1, -0.05) is 13.8 Å². The summed E-state index contributed by atoms with van der Waals surface area (Å²) in [5.74, 6) is 0.367. The van der Waals surface area contributed by atoms with Crippen molar-refractivity contribution in [3.05, 3.63) is 35.8 Å². The van der Waals surface area contributed by atoms with Gasteiger partial charge in [0.15, 0.2) is 0 Å². The average Bonchev–Trinajstić information content (AvgIpc) is 2.85. The van der Waals surface area contributed by atoms with Crippen LogP contribution in [-0.2, 0) is 0 Å². The Morgan fingerprint density at radius 2 is 2.06 bits per heavy atom. The smallest absolute Gasteiger partial charge is 0.125 e. The molecule has 18 heavy (non-hydrogen) atoms. The SMILES string of the molecule is CC.Fc1ccc2cc(C3CCCNC3)[nH]c2c1. The molecule has 98 valence electrons. The summed E-state index contributed by atoms with van der Waals surface area (Å²) in [6.45, 7) is 6.14. The number of H-pyrrole nitrogens is 1. The van der Waals surface area contributed by atoms with Gasteiger partial charge in [0.05, 0.1) is 0 Å². The van der Waals surface area contributed by atoms with Crippen molar-refractivity contribution in [3.8, 4) is 0 Å². The number of halogens is 1. The van der Waals surface area contributed by atoms with E-state index in [-0.39, 0.29) is 5.82 Å². The summed E-state index contributed by atoms with van der Waals surface area (Å²) < 4.78 is 13.1. The van der Waals surface area contributed by atoms with E-state index in [1.807, 2.05) is 19.9 Å². The Balaban J connectivity index is 0.000000574. The molecule has 0 saturated carbocycles. The first-order valence-corrected chi connectivity index (χ1v) is 6.82. The van der Waals surface area contributed by atoms with Gasteiger partial charge in [0, 0.05) is 23.7 Å². The normalized spacial score (nSPS) is 19.4. The summed E-state index contributed by atoms with van der Waals surface area (Å²) in [5, 5.41) is 4.49. The van der Waals surface area contributed by atoms with E-state index < -0.39 is 0 Å². The van der Waals surface area contributed by atoms with E-state index >= 15 is 0 Å². The van der Waals surface area contributed by atoms with Crippen LogP contribution in [0.1, 0.15) is 38.3 Å². The topological polar surface area (TPSA) is 27.8 Å². The summed E-state index contributed by atoms with van der Waals surface area (Å²) in [5.41, 5.74) is 2.13. The van der Waals surface area contributed by atoms with Crippen molar-refractivity contribution in [2.45, 2.75) is 32.6 Å². The number of benzene rings is 1. The number of nitrogens with one attached hydrogen (secondary N) is 2. The molecule has 0 aliphatic carbocycles. The van der Waals surface area contributed by atoms with Crippen molar-refractivity contribution >= 4 is 10.9 Å². The van der Waals surface area contributed by atoms with Crippen molar-refractivity contribution < 1.29 is 4.39 Å². The number of aromatic amines is 1. The molecule has 1 fully saturated rings. The fourth-order valence-electron chi connectivity index (χ4n) is 2.46. The van der Waals surface area contributed by atoms with Crippen LogP contribution in [-0.4, -0.2) is 18.1 Å². The molecule has 2 aromatic rings. The van der Waals surface area contributed by atoms with Gasteiger partial charge < -0.3 is 10.3 Å². The third-order valence-electron chi connectivity index (χ3n) is 3.34. The molecular formula is C15H21FN2. The number of hydrogen-bond donors (Lipinski definition) is 2. The standard InChI is InChI=1S/C13H15FN2.C2H6/c14-11-4-3-9-6-12(16-13(9)7-11)10-2-1-5-15-8-10;1-2/h3-4,6-7,10,15-16H,1-2,5,8H2;1-2H3. The lowest BCUT2D eigenvalue weighted by atomic mass is 9.96. The van der Waals surface area contributed by atoms with Crippen LogP contribution in [0.3, 0.4) is 0 Å². The average molecular weight is 248 g/mol. The second kappa shape index (κ2) is 6.01. The van der Waals surface area contributed by atoms with E-state index in [2.05, 4.69) is 16.4 Å². The molecule has 1 aliphatic rings. The van der Waals surface area contributed by atoms with Gasteiger partial charge >= 0.3 is 0 Å². The molecule has 1 aliphatic heterocycles. The minimum Gasteiger partial charge on any atom is -0.358 e. The van der Waals surface area contributed by atoms with E-state index in [1.165, 1.54) is 24.6 Å². The van der Waals surface area contributed by atoms with Crippen LogP contribution < -0.4 is 5.32 Å². The Bertz CT molecular complexity index is 498. The number of hydrogen-bond acceptors (Lipinski definition) is 1. The Labute approximate surface area is 108 Å². The van der Waals surface area contributed by atoms with Crippen LogP contribution in [0.25, 0.3) is 10.9 Å². The second-order valence-corrected chi connectivity index (χ2v) is 4.50. The quantitative estimate of drug-likeness (QED) is 0.789. The van der Waals surface area contributed by atoms with Gasteiger partial charge in [-0.15, -0.1) is 0 Å². The van der Waals surface area contributed by atoms with Gasteiger partial charge in [0.25, 0.3) is 0 Å². The minimum atomic E-state index is -0.178. The van der Waals surface area contributed by atoms with Gasteiger partial charge in [-0.25, -0.2) is 4.39 Å². The minimum absolute atomic E-state index is 0.178. The van der Waals surface area contributed by atoms with Gasteiger partial charge in [-0.3, -0.25) is 0 Å². The Morgan fingerprint density at radius 1 is 1.22 bits per heavy atom. The Kier molecular flexibility index (Phi) is 4.37. The number of rotatable bonds is 1. The summed E-state index contributed by atoms with van der Waals surface area (Å²) in [4.78, 5) is 3.33.